The molecule has 1 heterocycles. The van der Waals surface area contributed by atoms with Crippen molar-refractivity contribution >= 4 is 6.29 Å². The second-order valence-corrected chi connectivity index (χ2v) is 3.96. The molecule has 13 heavy (non-hydrogen) atoms. The first kappa shape index (κ1) is 10.7. The first-order valence-electron chi connectivity index (χ1n) is 5.10. The van der Waals surface area contributed by atoms with E-state index < -0.39 is 0 Å². The van der Waals surface area contributed by atoms with Crippen LogP contribution < -0.4 is 0 Å². The fourth-order valence-electron chi connectivity index (χ4n) is 1.97. The fourth-order valence-corrected chi connectivity index (χ4v) is 1.97. The van der Waals surface area contributed by atoms with E-state index in [2.05, 4.69) is 23.8 Å². The van der Waals surface area contributed by atoms with Crippen molar-refractivity contribution in [1.82, 2.24) is 9.80 Å². The van der Waals surface area contributed by atoms with E-state index in [1.807, 2.05) is 0 Å². The van der Waals surface area contributed by atoms with Gasteiger partial charge >= 0.3 is 0 Å². The van der Waals surface area contributed by atoms with E-state index in [4.69, 9.17) is 0 Å². The zero-order valence-corrected chi connectivity index (χ0v) is 8.70. The number of carbonyl (C=O) groups excluding carboxylic acids is 1. The monoisotopic (exact) mass is 184 g/mol. The summed E-state index contributed by atoms with van der Waals surface area (Å²) < 4.78 is 0. The van der Waals surface area contributed by atoms with Crippen LogP contribution in [-0.4, -0.2) is 55.4 Å². The largest absolute Gasteiger partial charge is 0.305 e. The molecule has 1 rings (SSSR count). The van der Waals surface area contributed by atoms with Crippen molar-refractivity contribution in [1.29, 1.82) is 0 Å². The summed E-state index contributed by atoms with van der Waals surface area (Å²) >= 11 is 0. The number of hydrogen-bond donors (Lipinski definition) is 0. The number of hydrogen-bond acceptors (Lipinski definition) is 3. The van der Waals surface area contributed by atoms with Crippen molar-refractivity contribution in [2.45, 2.75) is 25.8 Å². The Kier molecular flexibility index (Phi) is 4.39. The van der Waals surface area contributed by atoms with Crippen LogP contribution in [0.5, 0.6) is 0 Å². The Balaban J connectivity index is 2.38. The van der Waals surface area contributed by atoms with Crippen LogP contribution in [0.25, 0.3) is 0 Å². The van der Waals surface area contributed by atoms with Crippen molar-refractivity contribution in [3.63, 3.8) is 0 Å². The maximum Gasteiger partial charge on any atom is 0.121 e. The molecule has 0 aliphatic carbocycles. The van der Waals surface area contributed by atoms with Gasteiger partial charge in [-0.1, -0.05) is 0 Å². The summed E-state index contributed by atoms with van der Waals surface area (Å²) in [5.74, 6) is 0. The van der Waals surface area contributed by atoms with Crippen molar-refractivity contribution in [3.05, 3.63) is 0 Å². The van der Waals surface area contributed by atoms with Crippen molar-refractivity contribution in [2.75, 3.05) is 33.2 Å². The van der Waals surface area contributed by atoms with Crippen LogP contribution in [0.3, 0.4) is 0 Å². The van der Waals surface area contributed by atoms with Gasteiger partial charge in [0.15, 0.2) is 0 Å². The van der Waals surface area contributed by atoms with Gasteiger partial charge in [0, 0.05) is 25.6 Å². The molecule has 0 bridgehead atoms. The smallest absolute Gasteiger partial charge is 0.121 e. The van der Waals surface area contributed by atoms with Gasteiger partial charge in [-0.15, -0.1) is 0 Å². The third kappa shape index (κ3) is 3.44. The molecule has 0 aromatic carbocycles. The van der Waals surface area contributed by atoms with Gasteiger partial charge in [0.1, 0.15) is 6.29 Å². The quantitative estimate of drug-likeness (QED) is 0.600. The molecule has 0 N–H and O–H groups in total. The van der Waals surface area contributed by atoms with Crippen molar-refractivity contribution < 1.29 is 4.79 Å². The molecule has 0 radical (unpaired) electrons. The summed E-state index contributed by atoms with van der Waals surface area (Å²) in [6, 6.07) is 0.590. The highest BCUT2D eigenvalue weighted by Gasteiger charge is 2.18. The molecule has 0 aromatic heterocycles. The molecule has 1 unspecified atom stereocenters. The van der Waals surface area contributed by atoms with Gasteiger partial charge in [0.25, 0.3) is 0 Å². The highest BCUT2D eigenvalue weighted by Crippen LogP contribution is 2.08. The Morgan fingerprint density at radius 1 is 1.46 bits per heavy atom. The lowest BCUT2D eigenvalue weighted by atomic mass is 10.2. The van der Waals surface area contributed by atoms with E-state index >= 15 is 0 Å². The highest BCUT2D eigenvalue weighted by molar-refractivity contribution is 5.49. The molecule has 0 saturated carbocycles. The van der Waals surface area contributed by atoms with Crippen LogP contribution in [-0.2, 0) is 4.79 Å². The average molecular weight is 184 g/mol. The Morgan fingerprint density at radius 2 is 2.23 bits per heavy atom. The summed E-state index contributed by atoms with van der Waals surface area (Å²) in [4.78, 5) is 15.0. The molecule has 3 nitrogen and oxygen atoms in total. The highest BCUT2D eigenvalue weighted by atomic mass is 16.1. The molecule has 0 spiro atoms. The lowest BCUT2D eigenvalue weighted by Crippen LogP contribution is -2.38. The summed E-state index contributed by atoms with van der Waals surface area (Å²) in [7, 11) is 2.17. The molecular formula is C10H20N2O. The van der Waals surface area contributed by atoms with E-state index in [0.29, 0.717) is 12.5 Å². The minimum Gasteiger partial charge on any atom is -0.305 e. The first-order chi connectivity index (χ1) is 6.24. The number of rotatable bonds is 3. The van der Waals surface area contributed by atoms with Crippen LogP contribution >= 0.6 is 0 Å². The Labute approximate surface area is 80.7 Å². The van der Waals surface area contributed by atoms with Crippen molar-refractivity contribution in [3.8, 4) is 0 Å². The second-order valence-electron chi connectivity index (χ2n) is 3.96. The van der Waals surface area contributed by atoms with Crippen LogP contribution in [0.2, 0.25) is 0 Å². The number of carbonyl (C=O) groups is 1. The third-order valence-electron chi connectivity index (χ3n) is 2.72. The van der Waals surface area contributed by atoms with Crippen LogP contribution in [0.1, 0.15) is 19.8 Å². The lowest BCUT2D eigenvalue weighted by molar-refractivity contribution is -0.108. The number of likely N-dealkylation sites (N-methyl/N-ethyl adjacent to an activating group) is 1. The summed E-state index contributed by atoms with van der Waals surface area (Å²) in [6.07, 6.45) is 2.91. The normalized spacial score (nSPS) is 27.1. The molecule has 3 heteroatoms. The van der Waals surface area contributed by atoms with E-state index in [1.165, 1.54) is 13.0 Å². The summed E-state index contributed by atoms with van der Waals surface area (Å²) in [5.41, 5.74) is 0. The molecule has 1 aliphatic heterocycles. The van der Waals surface area contributed by atoms with E-state index in [-0.39, 0.29) is 0 Å². The van der Waals surface area contributed by atoms with Crippen molar-refractivity contribution in [2.24, 2.45) is 0 Å². The minimum atomic E-state index is 0.590. The lowest BCUT2D eigenvalue weighted by Gasteiger charge is -2.26. The molecule has 1 atom stereocenters. The van der Waals surface area contributed by atoms with Crippen LogP contribution in [0.4, 0.5) is 0 Å². The molecule has 76 valence electrons. The van der Waals surface area contributed by atoms with E-state index in [0.717, 1.165) is 25.9 Å². The Hall–Kier alpha value is -0.410. The fraction of sp³-hybridized carbons (Fsp3) is 0.900. The standard InChI is InChI=1S/C10H20N2O/c1-10-9-11(2)5-3-6-12(10)7-4-8-13/h8,10H,3-7,9H2,1-2H3. The van der Waals surface area contributed by atoms with Crippen LogP contribution in [0, 0.1) is 0 Å². The Bertz CT molecular complexity index is 161. The van der Waals surface area contributed by atoms with Gasteiger partial charge in [-0.2, -0.15) is 0 Å². The molecule has 1 saturated heterocycles. The van der Waals surface area contributed by atoms with E-state index in [1.54, 1.807) is 0 Å². The van der Waals surface area contributed by atoms with Crippen LogP contribution in [0.15, 0.2) is 0 Å². The molecule has 1 fully saturated rings. The molecule has 0 amide bonds. The predicted molar refractivity (Wildman–Crippen MR) is 53.8 cm³/mol. The topological polar surface area (TPSA) is 23.6 Å². The van der Waals surface area contributed by atoms with E-state index in [9.17, 15) is 4.79 Å². The maximum atomic E-state index is 10.3. The number of nitrogens with zero attached hydrogens (tertiary/aromatic N) is 2. The minimum absolute atomic E-state index is 0.590. The van der Waals surface area contributed by atoms with Gasteiger partial charge in [0.2, 0.25) is 0 Å². The van der Waals surface area contributed by atoms with Gasteiger partial charge in [-0.05, 0) is 33.5 Å². The second kappa shape index (κ2) is 5.35. The third-order valence-corrected chi connectivity index (χ3v) is 2.72. The molecule has 1 aliphatic rings. The zero-order valence-electron chi connectivity index (χ0n) is 8.70. The average Bonchev–Trinajstić information content (AvgIpc) is 2.24. The predicted octanol–water partition coefficient (Wildman–Crippen LogP) is 0.601. The molecule has 0 aromatic rings. The Morgan fingerprint density at radius 3 is 2.92 bits per heavy atom. The van der Waals surface area contributed by atoms with Gasteiger partial charge in [-0.3, -0.25) is 4.90 Å². The molecular weight excluding hydrogens is 164 g/mol. The van der Waals surface area contributed by atoms with Gasteiger partial charge < -0.3 is 9.69 Å². The van der Waals surface area contributed by atoms with Gasteiger partial charge in [-0.25, -0.2) is 0 Å². The SMILES string of the molecule is CC1CN(C)CCCN1CCC=O. The number of aldehydes is 1. The summed E-state index contributed by atoms with van der Waals surface area (Å²) in [6.45, 7) is 6.62. The first-order valence-corrected chi connectivity index (χ1v) is 5.10. The zero-order chi connectivity index (χ0) is 9.68. The maximum absolute atomic E-state index is 10.3. The summed E-state index contributed by atoms with van der Waals surface area (Å²) in [5, 5.41) is 0. The van der Waals surface area contributed by atoms with Gasteiger partial charge in [0.05, 0.1) is 0 Å².